The maximum absolute atomic E-state index is 13.1. The Morgan fingerprint density at radius 3 is 2.63 bits per heavy atom. The van der Waals surface area contributed by atoms with Gasteiger partial charge in [-0.1, -0.05) is 24.3 Å². The average Bonchev–Trinajstić information content (AvgIpc) is 2.64. The lowest BCUT2D eigenvalue weighted by molar-refractivity contribution is -0.113. The predicted octanol–water partition coefficient (Wildman–Crippen LogP) is 3.58. The third-order valence-electron chi connectivity index (χ3n) is 4.58. The maximum atomic E-state index is 13.1. The summed E-state index contributed by atoms with van der Waals surface area (Å²) in [5, 5.41) is 8.50. The lowest BCUT2D eigenvalue weighted by Gasteiger charge is -2.29. The van der Waals surface area contributed by atoms with Crippen molar-refractivity contribution in [1.29, 1.82) is 0 Å². The molecule has 0 saturated carbocycles. The molecule has 1 atom stereocenters. The molecule has 0 radical (unpaired) electrons. The molecule has 3 N–H and O–H groups in total. The average molecular weight is 365 g/mol. The van der Waals surface area contributed by atoms with E-state index in [1.54, 1.807) is 14.0 Å². The Morgan fingerprint density at radius 1 is 1.11 bits per heavy atom. The van der Waals surface area contributed by atoms with Gasteiger partial charge in [0.25, 0.3) is 5.91 Å². The molecule has 3 amide bonds. The molecule has 1 aliphatic rings. The van der Waals surface area contributed by atoms with Crippen molar-refractivity contribution in [3.8, 4) is 5.75 Å². The summed E-state index contributed by atoms with van der Waals surface area (Å²) in [7, 11) is 1.58. The number of nitrogens with one attached hydrogen (secondary N) is 3. The number of allylic oxidation sites excluding steroid dienone is 1. The van der Waals surface area contributed by atoms with Crippen molar-refractivity contribution in [3.05, 3.63) is 70.4 Å². The number of rotatable bonds is 4. The van der Waals surface area contributed by atoms with Gasteiger partial charge in [-0.15, -0.1) is 0 Å². The molecular formula is C21H23N3O3. The van der Waals surface area contributed by atoms with Crippen LogP contribution in [-0.4, -0.2) is 19.0 Å². The van der Waals surface area contributed by atoms with Gasteiger partial charge in [-0.2, -0.15) is 0 Å². The fourth-order valence-electron chi connectivity index (χ4n) is 3.13. The van der Waals surface area contributed by atoms with Crippen LogP contribution >= 0.6 is 0 Å². The minimum atomic E-state index is -0.570. The summed E-state index contributed by atoms with van der Waals surface area (Å²) in [6.07, 6.45) is 0. The number of carbonyl (C=O) groups excluding carboxylic acids is 2. The molecule has 0 fully saturated rings. The van der Waals surface area contributed by atoms with Crippen LogP contribution in [0.1, 0.15) is 29.7 Å². The normalized spacial score (nSPS) is 16.4. The fourth-order valence-corrected chi connectivity index (χ4v) is 3.13. The van der Waals surface area contributed by atoms with Crippen molar-refractivity contribution in [3.63, 3.8) is 0 Å². The number of methoxy groups -OCH3 is 1. The summed E-state index contributed by atoms with van der Waals surface area (Å²) in [5.41, 5.74) is 4.54. The zero-order valence-corrected chi connectivity index (χ0v) is 15.8. The van der Waals surface area contributed by atoms with Crippen molar-refractivity contribution in [2.75, 3.05) is 12.4 Å². The number of amides is 3. The minimum Gasteiger partial charge on any atom is -0.497 e. The summed E-state index contributed by atoms with van der Waals surface area (Å²) >= 11 is 0. The first-order valence-corrected chi connectivity index (χ1v) is 8.70. The van der Waals surface area contributed by atoms with Gasteiger partial charge in [-0.3, -0.25) is 4.79 Å². The molecular weight excluding hydrogens is 342 g/mol. The Kier molecular flexibility index (Phi) is 5.16. The molecule has 2 aromatic rings. The van der Waals surface area contributed by atoms with E-state index in [1.807, 2.05) is 56.3 Å². The van der Waals surface area contributed by atoms with Crippen LogP contribution in [0.2, 0.25) is 0 Å². The van der Waals surface area contributed by atoms with E-state index >= 15 is 0 Å². The molecule has 0 aromatic heterocycles. The standard InChI is InChI=1S/C21H23N3O3/c1-12-8-9-13(2)17(10-12)23-20(25)18-14(3)22-21(26)24-19(18)15-6-5-7-16(11-15)27-4/h5-11,19H,1-4H3,(H,23,25)(H2,22,24,26)/t19-/m0/s1. The minimum absolute atomic E-state index is 0.262. The van der Waals surface area contributed by atoms with Gasteiger partial charge in [0.05, 0.1) is 18.7 Å². The first-order valence-electron chi connectivity index (χ1n) is 8.70. The Balaban J connectivity index is 1.98. The third-order valence-corrected chi connectivity index (χ3v) is 4.58. The summed E-state index contributed by atoms with van der Waals surface area (Å²) in [5.74, 6) is 0.397. The number of benzene rings is 2. The molecule has 1 aliphatic heterocycles. The summed E-state index contributed by atoms with van der Waals surface area (Å²) in [6, 6.07) is 12.3. The Morgan fingerprint density at radius 2 is 1.89 bits per heavy atom. The molecule has 1 heterocycles. The van der Waals surface area contributed by atoms with E-state index in [9.17, 15) is 9.59 Å². The summed E-state index contributed by atoms with van der Waals surface area (Å²) in [6.45, 7) is 5.64. The highest BCUT2D eigenvalue weighted by Crippen LogP contribution is 2.30. The van der Waals surface area contributed by atoms with Gasteiger partial charge in [0.2, 0.25) is 0 Å². The van der Waals surface area contributed by atoms with Crippen LogP contribution in [0.5, 0.6) is 5.75 Å². The van der Waals surface area contributed by atoms with Crippen LogP contribution in [0.3, 0.4) is 0 Å². The lowest BCUT2D eigenvalue weighted by Crippen LogP contribution is -2.46. The molecule has 3 rings (SSSR count). The van der Waals surface area contributed by atoms with E-state index in [0.29, 0.717) is 17.0 Å². The fraction of sp³-hybridized carbons (Fsp3) is 0.238. The quantitative estimate of drug-likeness (QED) is 0.775. The monoisotopic (exact) mass is 365 g/mol. The van der Waals surface area contributed by atoms with Crippen LogP contribution in [0.15, 0.2) is 53.7 Å². The number of aryl methyl sites for hydroxylation is 2. The van der Waals surface area contributed by atoms with Crippen molar-refractivity contribution in [2.45, 2.75) is 26.8 Å². The van der Waals surface area contributed by atoms with Crippen molar-refractivity contribution >= 4 is 17.6 Å². The third kappa shape index (κ3) is 3.95. The largest absolute Gasteiger partial charge is 0.497 e. The summed E-state index contributed by atoms with van der Waals surface area (Å²) < 4.78 is 5.27. The molecule has 0 bridgehead atoms. The number of hydrogen-bond donors (Lipinski definition) is 3. The van der Waals surface area contributed by atoms with Crippen LogP contribution < -0.4 is 20.7 Å². The van der Waals surface area contributed by atoms with Gasteiger partial charge >= 0.3 is 6.03 Å². The van der Waals surface area contributed by atoms with Gasteiger partial charge in [0.1, 0.15) is 5.75 Å². The predicted molar refractivity (Wildman–Crippen MR) is 105 cm³/mol. The van der Waals surface area contributed by atoms with E-state index in [-0.39, 0.29) is 11.9 Å². The molecule has 6 nitrogen and oxygen atoms in total. The molecule has 2 aromatic carbocycles. The maximum Gasteiger partial charge on any atom is 0.319 e. The van der Waals surface area contributed by atoms with E-state index in [0.717, 1.165) is 22.4 Å². The zero-order valence-electron chi connectivity index (χ0n) is 15.8. The molecule has 6 heteroatoms. The van der Waals surface area contributed by atoms with Crippen molar-refractivity contribution in [2.24, 2.45) is 0 Å². The SMILES string of the molecule is COc1cccc([C@@H]2NC(=O)NC(C)=C2C(=O)Nc2cc(C)ccc2C)c1. The van der Waals surface area contributed by atoms with Crippen LogP contribution in [0, 0.1) is 13.8 Å². The number of anilines is 1. The Bertz CT molecular complexity index is 934. The number of hydrogen-bond acceptors (Lipinski definition) is 3. The highest BCUT2D eigenvalue weighted by Gasteiger charge is 2.31. The highest BCUT2D eigenvalue weighted by atomic mass is 16.5. The van der Waals surface area contributed by atoms with E-state index < -0.39 is 6.04 Å². The first kappa shape index (κ1) is 18.5. The Hall–Kier alpha value is -3.28. The summed E-state index contributed by atoms with van der Waals surface area (Å²) in [4.78, 5) is 25.1. The van der Waals surface area contributed by atoms with Gasteiger partial charge in [0, 0.05) is 11.4 Å². The van der Waals surface area contributed by atoms with Crippen molar-refractivity contribution in [1.82, 2.24) is 10.6 Å². The van der Waals surface area contributed by atoms with E-state index in [2.05, 4.69) is 16.0 Å². The van der Waals surface area contributed by atoms with E-state index in [4.69, 9.17) is 4.74 Å². The van der Waals surface area contributed by atoms with Gasteiger partial charge < -0.3 is 20.7 Å². The second kappa shape index (κ2) is 7.53. The molecule has 0 unspecified atom stereocenters. The second-order valence-corrected chi connectivity index (χ2v) is 6.62. The Labute approximate surface area is 158 Å². The van der Waals surface area contributed by atoms with Gasteiger partial charge in [-0.05, 0) is 55.7 Å². The van der Waals surface area contributed by atoms with E-state index in [1.165, 1.54) is 0 Å². The smallest absolute Gasteiger partial charge is 0.319 e. The molecule has 0 aliphatic carbocycles. The topological polar surface area (TPSA) is 79.5 Å². The number of carbonyl (C=O) groups is 2. The van der Waals surface area contributed by atoms with Gasteiger partial charge in [0.15, 0.2) is 0 Å². The first-order chi connectivity index (χ1) is 12.9. The second-order valence-electron chi connectivity index (χ2n) is 6.62. The number of urea groups is 1. The van der Waals surface area contributed by atoms with Gasteiger partial charge in [-0.25, -0.2) is 4.79 Å². The highest BCUT2D eigenvalue weighted by molar-refractivity contribution is 6.07. The lowest BCUT2D eigenvalue weighted by atomic mass is 9.94. The molecule has 0 spiro atoms. The number of ether oxygens (including phenoxy) is 1. The zero-order chi connectivity index (χ0) is 19.6. The van der Waals surface area contributed by atoms with Crippen LogP contribution in [0.4, 0.5) is 10.5 Å². The molecule has 140 valence electrons. The molecule has 27 heavy (non-hydrogen) atoms. The van der Waals surface area contributed by atoms with Crippen LogP contribution in [-0.2, 0) is 4.79 Å². The van der Waals surface area contributed by atoms with Crippen molar-refractivity contribution < 1.29 is 14.3 Å². The van der Waals surface area contributed by atoms with Crippen LogP contribution in [0.25, 0.3) is 0 Å². The molecule has 0 saturated heterocycles.